The molecular weight excluding hydrogens is 212 g/mol. The Morgan fingerprint density at radius 3 is 2.53 bits per heavy atom. The second-order valence-corrected chi connectivity index (χ2v) is 5.33. The lowest BCUT2D eigenvalue weighted by atomic mass is 10.1. The van der Waals surface area contributed by atoms with Crippen LogP contribution in [0.3, 0.4) is 0 Å². The average Bonchev–Trinajstić information content (AvgIpc) is 2.59. The van der Waals surface area contributed by atoms with Gasteiger partial charge < -0.3 is 5.11 Å². The summed E-state index contributed by atoms with van der Waals surface area (Å²) in [5.74, 6) is 0.227. The van der Waals surface area contributed by atoms with E-state index in [1.165, 1.54) is 11.8 Å². The van der Waals surface area contributed by atoms with Crippen LogP contribution < -0.4 is 0 Å². The SMILES string of the molecule is Cc1cccc(-c2c(O)cnn2C(C)(C)C)c1. The third-order valence-electron chi connectivity index (χ3n) is 2.68. The van der Waals surface area contributed by atoms with Gasteiger partial charge in [0.05, 0.1) is 11.7 Å². The van der Waals surface area contributed by atoms with Gasteiger partial charge in [0.2, 0.25) is 0 Å². The summed E-state index contributed by atoms with van der Waals surface area (Å²) in [5, 5.41) is 14.2. The van der Waals surface area contributed by atoms with Crippen LogP contribution in [0.2, 0.25) is 0 Å². The van der Waals surface area contributed by atoms with Gasteiger partial charge in [-0.05, 0) is 33.8 Å². The molecule has 0 fully saturated rings. The van der Waals surface area contributed by atoms with Gasteiger partial charge in [0, 0.05) is 5.56 Å². The van der Waals surface area contributed by atoms with E-state index in [0.29, 0.717) is 0 Å². The van der Waals surface area contributed by atoms with Crippen molar-refractivity contribution in [2.24, 2.45) is 0 Å². The van der Waals surface area contributed by atoms with Crippen LogP contribution in [0.5, 0.6) is 5.75 Å². The molecule has 1 N–H and O–H groups in total. The number of hydrogen-bond donors (Lipinski definition) is 1. The minimum absolute atomic E-state index is 0.153. The maximum absolute atomic E-state index is 9.96. The summed E-state index contributed by atoms with van der Waals surface area (Å²) < 4.78 is 1.86. The predicted molar refractivity (Wildman–Crippen MR) is 69.1 cm³/mol. The van der Waals surface area contributed by atoms with Gasteiger partial charge in [-0.2, -0.15) is 5.10 Å². The smallest absolute Gasteiger partial charge is 0.161 e. The fourth-order valence-electron chi connectivity index (χ4n) is 1.91. The summed E-state index contributed by atoms with van der Waals surface area (Å²) in [7, 11) is 0. The second-order valence-electron chi connectivity index (χ2n) is 5.33. The Labute approximate surface area is 102 Å². The molecule has 1 heterocycles. The van der Waals surface area contributed by atoms with Crippen LogP contribution >= 0.6 is 0 Å². The van der Waals surface area contributed by atoms with Crippen molar-refractivity contribution < 1.29 is 5.11 Å². The minimum atomic E-state index is -0.153. The fourth-order valence-corrected chi connectivity index (χ4v) is 1.91. The van der Waals surface area contributed by atoms with Gasteiger partial charge in [-0.15, -0.1) is 0 Å². The molecule has 0 spiro atoms. The van der Waals surface area contributed by atoms with E-state index < -0.39 is 0 Å². The van der Waals surface area contributed by atoms with Gasteiger partial charge >= 0.3 is 0 Å². The quantitative estimate of drug-likeness (QED) is 0.816. The number of hydrogen-bond acceptors (Lipinski definition) is 2. The maximum atomic E-state index is 9.96. The minimum Gasteiger partial charge on any atom is -0.504 e. The maximum Gasteiger partial charge on any atom is 0.161 e. The van der Waals surface area contributed by atoms with Gasteiger partial charge in [0.25, 0.3) is 0 Å². The highest BCUT2D eigenvalue weighted by molar-refractivity contribution is 5.66. The summed E-state index contributed by atoms with van der Waals surface area (Å²) in [6, 6.07) is 8.08. The molecule has 0 aliphatic carbocycles. The highest BCUT2D eigenvalue weighted by Crippen LogP contribution is 2.33. The molecule has 0 atom stereocenters. The molecule has 3 heteroatoms. The molecule has 2 rings (SSSR count). The highest BCUT2D eigenvalue weighted by Gasteiger charge is 2.21. The first kappa shape index (κ1) is 11.7. The molecule has 2 aromatic rings. The number of aromatic hydroxyl groups is 1. The van der Waals surface area contributed by atoms with Crippen LogP contribution in [0.1, 0.15) is 26.3 Å². The van der Waals surface area contributed by atoms with Crippen LogP contribution in [0.15, 0.2) is 30.5 Å². The normalized spacial score (nSPS) is 11.8. The van der Waals surface area contributed by atoms with Gasteiger partial charge in [-0.1, -0.05) is 23.8 Å². The van der Waals surface area contributed by atoms with E-state index in [1.54, 1.807) is 0 Å². The zero-order chi connectivity index (χ0) is 12.6. The summed E-state index contributed by atoms with van der Waals surface area (Å²) in [6.45, 7) is 8.24. The van der Waals surface area contributed by atoms with Crippen molar-refractivity contribution in [3.63, 3.8) is 0 Å². The summed E-state index contributed by atoms with van der Waals surface area (Å²) in [4.78, 5) is 0. The largest absolute Gasteiger partial charge is 0.504 e. The van der Waals surface area contributed by atoms with Gasteiger partial charge in [-0.25, -0.2) is 0 Å². The molecule has 0 radical (unpaired) electrons. The Morgan fingerprint density at radius 1 is 1.24 bits per heavy atom. The standard InChI is InChI=1S/C14H18N2O/c1-10-6-5-7-11(8-10)13-12(17)9-15-16(13)14(2,3)4/h5-9,17H,1-4H3. The van der Waals surface area contributed by atoms with Crippen molar-refractivity contribution >= 4 is 0 Å². The second kappa shape index (κ2) is 3.91. The summed E-state index contributed by atoms with van der Waals surface area (Å²) in [5.41, 5.74) is 2.79. The van der Waals surface area contributed by atoms with E-state index in [2.05, 4.69) is 31.9 Å². The fraction of sp³-hybridized carbons (Fsp3) is 0.357. The van der Waals surface area contributed by atoms with Crippen molar-refractivity contribution in [2.75, 3.05) is 0 Å². The van der Waals surface area contributed by atoms with E-state index >= 15 is 0 Å². The lowest BCUT2D eigenvalue weighted by Gasteiger charge is -2.22. The molecule has 0 aliphatic rings. The van der Waals surface area contributed by atoms with E-state index in [4.69, 9.17) is 0 Å². The van der Waals surface area contributed by atoms with Crippen molar-refractivity contribution in [3.8, 4) is 17.0 Å². The lowest BCUT2D eigenvalue weighted by molar-refractivity contribution is 0.358. The van der Waals surface area contributed by atoms with Crippen molar-refractivity contribution in [1.29, 1.82) is 0 Å². The van der Waals surface area contributed by atoms with Gasteiger partial charge in [0.15, 0.2) is 5.75 Å². The molecule has 0 unspecified atom stereocenters. The van der Waals surface area contributed by atoms with E-state index in [1.807, 2.05) is 29.8 Å². The molecule has 0 saturated heterocycles. The zero-order valence-electron chi connectivity index (χ0n) is 10.7. The van der Waals surface area contributed by atoms with Crippen molar-refractivity contribution in [3.05, 3.63) is 36.0 Å². The molecule has 1 aromatic carbocycles. The molecule has 0 aliphatic heterocycles. The molecular formula is C14H18N2O. The van der Waals surface area contributed by atoms with E-state index in [-0.39, 0.29) is 11.3 Å². The Hall–Kier alpha value is -1.77. The highest BCUT2D eigenvalue weighted by atomic mass is 16.3. The summed E-state index contributed by atoms with van der Waals surface area (Å²) in [6.07, 6.45) is 1.50. The van der Waals surface area contributed by atoms with Crippen LogP contribution in [-0.4, -0.2) is 14.9 Å². The number of rotatable bonds is 1. The molecule has 90 valence electrons. The summed E-state index contributed by atoms with van der Waals surface area (Å²) >= 11 is 0. The van der Waals surface area contributed by atoms with Crippen LogP contribution in [0.25, 0.3) is 11.3 Å². The molecule has 1 aromatic heterocycles. The lowest BCUT2D eigenvalue weighted by Crippen LogP contribution is -2.23. The Balaban J connectivity index is 2.63. The molecule has 0 saturated carbocycles. The predicted octanol–water partition coefficient (Wildman–Crippen LogP) is 3.32. The van der Waals surface area contributed by atoms with Crippen LogP contribution in [-0.2, 0) is 5.54 Å². The first-order valence-corrected chi connectivity index (χ1v) is 5.74. The monoisotopic (exact) mass is 230 g/mol. The molecule has 0 bridgehead atoms. The van der Waals surface area contributed by atoms with Crippen molar-refractivity contribution in [2.45, 2.75) is 33.2 Å². The first-order chi connectivity index (χ1) is 7.89. The Morgan fingerprint density at radius 2 is 1.94 bits per heavy atom. The Bertz CT molecular complexity index is 535. The first-order valence-electron chi connectivity index (χ1n) is 5.74. The van der Waals surface area contributed by atoms with Crippen LogP contribution in [0.4, 0.5) is 0 Å². The molecule has 3 nitrogen and oxygen atoms in total. The molecule has 0 amide bonds. The number of benzene rings is 1. The Kier molecular flexibility index (Phi) is 2.69. The third kappa shape index (κ3) is 2.18. The molecule has 17 heavy (non-hydrogen) atoms. The average molecular weight is 230 g/mol. The third-order valence-corrected chi connectivity index (χ3v) is 2.68. The number of aromatic nitrogens is 2. The topological polar surface area (TPSA) is 38.1 Å². The number of aryl methyl sites for hydroxylation is 1. The van der Waals surface area contributed by atoms with E-state index in [9.17, 15) is 5.11 Å². The number of nitrogens with zero attached hydrogens (tertiary/aromatic N) is 2. The van der Waals surface area contributed by atoms with Gasteiger partial charge in [0.1, 0.15) is 5.69 Å². The van der Waals surface area contributed by atoms with E-state index in [0.717, 1.165) is 11.3 Å². The van der Waals surface area contributed by atoms with Crippen LogP contribution in [0, 0.1) is 6.92 Å². The zero-order valence-corrected chi connectivity index (χ0v) is 10.7. The van der Waals surface area contributed by atoms with Gasteiger partial charge in [-0.3, -0.25) is 4.68 Å². The van der Waals surface area contributed by atoms with Crippen molar-refractivity contribution in [1.82, 2.24) is 9.78 Å².